The van der Waals surface area contributed by atoms with E-state index in [1.54, 1.807) is 19.9 Å². The first kappa shape index (κ1) is 11.2. The van der Waals surface area contributed by atoms with Gasteiger partial charge >= 0.3 is 0 Å². The van der Waals surface area contributed by atoms with E-state index in [1.807, 2.05) is 0 Å². The Bertz CT molecular complexity index is 405. The van der Waals surface area contributed by atoms with Crippen molar-refractivity contribution in [2.75, 3.05) is 0 Å². The maximum Gasteiger partial charge on any atom is 0.233 e. The normalized spacial score (nSPS) is 22.1. The maximum absolute atomic E-state index is 11.1. The number of carbonyl (C=O) groups excluding carboxylic acids is 1. The van der Waals surface area contributed by atoms with Crippen LogP contribution in [-0.4, -0.2) is 14.3 Å². The van der Waals surface area contributed by atoms with Gasteiger partial charge in [0, 0.05) is 5.70 Å². The van der Waals surface area contributed by atoms with Gasteiger partial charge in [-0.3, -0.25) is 4.79 Å². The highest BCUT2D eigenvalue weighted by atomic mass is 35.5. The SMILES string of the molecule is CC1=CC(C(=O)Cl)C(=S=O)C(C)=C1N. The Labute approximate surface area is 90.7 Å². The zero-order valence-electron chi connectivity index (χ0n) is 7.83. The Hall–Kier alpha value is -0.870. The molecule has 1 rings (SSSR count). The Morgan fingerprint density at radius 3 is 2.57 bits per heavy atom. The third-order valence-electron chi connectivity index (χ3n) is 2.23. The highest BCUT2D eigenvalue weighted by Gasteiger charge is 2.27. The lowest BCUT2D eigenvalue weighted by atomic mass is 9.90. The van der Waals surface area contributed by atoms with Crippen molar-refractivity contribution in [3.05, 3.63) is 22.9 Å². The smallest absolute Gasteiger partial charge is 0.233 e. The molecule has 0 saturated carbocycles. The fourth-order valence-electron chi connectivity index (χ4n) is 1.36. The number of hydrogen-bond donors (Lipinski definition) is 1. The number of allylic oxidation sites excluding steroid dienone is 3. The van der Waals surface area contributed by atoms with E-state index < -0.39 is 11.2 Å². The minimum absolute atomic E-state index is 0.275. The molecule has 0 saturated heterocycles. The Morgan fingerprint density at radius 2 is 2.14 bits per heavy atom. The molecular formula is C9H10ClNO2S. The largest absolute Gasteiger partial charge is 0.398 e. The summed E-state index contributed by atoms with van der Waals surface area (Å²) >= 11 is 5.66. The van der Waals surface area contributed by atoms with Crippen molar-refractivity contribution in [3.8, 4) is 0 Å². The molecule has 0 radical (unpaired) electrons. The average Bonchev–Trinajstić information content (AvgIpc) is 2.13. The standard InChI is InChI=1S/C9H10ClNO2S/c1-4-3-6(9(10)12)8(14-13)5(2)7(4)11/h3,6H,11H2,1-2H3. The zero-order chi connectivity index (χ0) is 10.9. The molecule has 0 aromatic carbocycles. The van der Waals surface area contributed by atoms with Crippen LogP contribution in [0, 0.1) is 5.92 Å². The van der Waals surface area contributed by atoms with Gasteiger partial charge in [-0.25, -0.2) is 4.21 Å². The van der Waals surface area contributed by atoms with Crippen molar-refractivity contribution < 1.29 is 9.00 Å². The third-order valence-corrected chi connectivity index (χ3v) is 3.21. The highest BCUT2D eigenvalue weighted by molar-refractivity contribution is 7.67. The second kappa shape index (κ2) is 4.11. The molecule has 0 amide bonds. The van der Waals surface area contributed by atoms with Crippen molar-refractivity contribution in [3.63, 3.8) is 0 Å². The molecule has 5 heteroatoms. The van der Waals surface area contributed by atoms with Crippen molar-refractivity contribution in [2.24, 2.45) is 11.7 Å². The molecule has 0 aromatic rings. The van der Waals surface area contributed by atoms with Gasteiger partial charge in [-0.15, -0.1) is 0 Å². The van der Waals surface area contributed by atoms with Crippen LogP contribution in [0.5, 0.6) is 0 Å². The van der Waals surface area contributed by atoms with Crippen LogP contribution in [0.25, 0.3) is 0 Å². The summed E-state index contributed by atoms with van der Waals surface area (Å²) in [5, 5.41) is -0.547. The van der Waals surface area contributed by atoms with Crippen LogP contribution in [0.15, 0.2) is 22.9 Å². The lowest BCUT2D eigenvalue weighted by Gasteiger charge is -2.19. The average molecular weight is 232 g/mol. The molecule has 0 heterocycles. The summed E-state index contributed by atoms with van der Waals surface area (Å²) in [6.07, 6.45) is 1.62. The van der Waals surface area contributed by atoms with E-state index in [9.17, 15) is 9.00 Å². The van der Waals surface area contributed by atoms with Crippen LogP contribution >= 0.6 is 11.6 Å². The molecule has 0 aromatic heterocycles. The highest BCUT2D eigenvalue weighted by Crippen LogP contribution is 2.24. The van der Waals surface area contributed by atoms with Crippen LogP contribution in [-0.2, 0) is 16.1 Å². The van der Waals surface area contributed by atoms with E-state index in [0.29, 0.717) is 16.1 Å². The molecule has 1 atom stereocenters. The third kappa shape index (κ3) is 1.81. The van der Waals surface area contributed by atoms with E-state index in [4.69, 9.17) is 17.3 Å². The summed E-state index contributed by atoms with van der Waals surface area (Å²) in [7, 11) is 0. The van der Waals surface area contributed by atoms with Crippen LogP contribution in [0.2, 0.25) is 0 Å². The van der Waals surface area contributed by atoms with Crippen molar-refractivity contribution >= 4 is 33.0 Å². The van der Waals surface area contributed by atoms with Gasteiger partial charge in [-0.1, -0.05) is 6.08 Å². The van der Waals surface area contributed by atoms with Crippen LogP contribution in [0.3, 0.4) is 0 Å². The van der Waals surface area contributed by atoms with Gasteiger partial charge in [-0.05, 0) is 36.6 Å². The number of carbonyl (C=O) groups is 1. The van der Waals surface area contributed by atoms with Gasteiger partial charge in [0.25, 0.3) is 0 Å². The Morgan fingerprint density at radius 1 is 1.57 bits per heavy atom. The molecule has 0 bridgehead atoms. The van der Waals surface area contributed by atoms with Crippen LogP contribution in [0.1, 0.15) is 13.8 Å². The van der Waals surface area contributed by atoms with Crippen LogP contribution in [0.4, 0.5) is 0 Å². The van der Waals surface area contributed by atoms with Crippen molar-refractivity contribution in [2.45, 2.75) is 13.8 Å². The van der Waals surface area contributed by atoms with E-state index in [2.05, 4.69) is 0 Å². The lowest BCUT2D eigenvalue weighted by Crippen LogP contribution is -2.26. The predicted molar refractivity (Wildman–Crippen MR) is 58.1 cm³/mol. The monoisotopic (exact) mass is 231 g/mol. The van der Waals surface area contributed by atoms with E-state index in [1.165, 1.54) is 0 Å². The molecule has 0 spiro atoms. The number of nitrogens with two attached hydrogens (primary N) is 1. The van der Waals surface area contributed by atoms with Gasteiger partial charge in [0.15, 0.2) is 0 Å². The first-order chi connectivity index (χ1) is 6.49. The summed E-state index contributed by atoms with van der Waals surface area (Å²) in [4.78, 5) is 11.4. The van der Waals surface area contributed by atoms with E-state index >= 15 is 0 Å². The fraction of sp³-hybridized carbons (Fsp3) is 0.333. The fourth-order valence-corrected chi connectivity index (χ4v) is 2.11. The van der Waals surface area contributed by atoms with Crippen LogP contribution < -0.4 is 5.73 Å². The molecule has 76 valence electrons. The molecule has 1 aliphatic rings. The molecule has 2 N–H and O–H groups in total. The molecule has 1 unspecified atom stereocenters. The minimum atomic E-state index is -0.633. The molecule has 1 aliphatic carbocycles. The van der Waals surface area contributed by atoms with Gasteiger partial charge in [0.2, 0.25) is 5.24 Å². The second-order valence-electron chi connectivity index (χ2n) is 3.12. The summed E-state index contributed by atoms with van der Waals surface area (Å²) in [5.74, 6) is -0.633. The second-order valence-corrected chi connectivity index (χ2v) is 4.10. The number of hydrogen-bond acceptors (Lipinski definition) is 3. The topological polar surface area (TPSA) is 60.2 Å². The van der Waals surface area contributed by atoms with E-state index in [-0.39, 0.29) is 11.3 Å². The maximum atomic E-state index is 11.1. The minimum Gasteiger partial charge on any atom is -0.398 e. The van der Waals surface area contributed by atoms with Gasteiger partial charge in [-0.2, -0.15) is 0 Å². The molecular weight excluding hydrogens is 222 g/mol. The lowest BCUT2D eigenvalue weighted by molar-refractivity contribution is -0.112. The molecule has 14 heavy (non-hydrogen) atoms. The summed E-state index contributed by atoms with van der Waals surface area (Å²) in [6.45, 7) is 3.51. The first-order valence-electron chi connectivity index (χ1n) is 4.00. The molecule has 0 aliphatic heterocycles. The summed E-state index contributed by atoms with van der Waals surface area (Å²) in [6, 6.07) is 0. The Balaban J connectivity index is 3.32. The summed E-state index contributed by atoms with van der Waals surface area (Å²) < 4.78 is 10.8. The van der Waals surface area contributed by atoms with Crippen molar-refractivity contribution in [1.82, 2.24) is 0 Å². The number of rotatable bonds is 1. The van der Waals surface area contributed by atoms with Crippen molar-refractivity contribution in [1.29, 1.82) is 0 Å². The summed E-state index contributed by atoms with van der Waals surface area (Å²) in [5.41, 5.74) is 7.73. The van der Waals surface area contributed by atoms with Gasteiger partial charge in [0.05, 0.1) is 22.0 Å². The predicted octanol–water partition coefficient (Wildman–Crippen LogP) is 0.946. The Kier molecular flexibility index (Phi) is 3.29. The van der Waals surface area contributed by atoms with Gasteiger partial charge in [0.1, 0.15) is 0 Å². The molecule has 0 fully saturated rings. The zero-order valence-corrected chi connectivity index (χ0v) is 9.41. The van der Waals surface area contributed by atoms with Gasteiger partial charge < -0.3 is 5.73 Å². The number of halogens is 1. The first-order valence-corrected chi connectivity index (χ1v) is 5.12. The molecule has 3 nitrogen and oxygen atoms in total. The van der Waals surface area contributed by atoms with E-state index in [0.717, 1.165) is 5.57 Å². The quantitative estimate of drug-likeness (QED) is 0.540.